The van der Waals surface area contributed by atoms with E-state index in [0.717, 1.165) is 68.0 Å². The van der Waals surface area contributed by atoms with Crippen molar-refractivity contribution in [1.29, 1.82) is 0 Å². The molecular formula is C23H29N5O. The SMILES string of the molecule is CC(C)(C)c1nc2c(c(=O)[nH]1)CCC21CCN(Cc2cnc3ccccn23)CC1. The summed E-state index contributed by atoms with van der Waals surface area (Å²) in [6.07, 6.45) is 8.11. The molecule has 1 spiro atoms. The van der Waals surface area contributed by atoms with Crippen LogP contribution in [-0.4, -0.2) is 37.3 Å². The molecule has 4 heterocycles. The van der Waals surface area contributed by atoms with Gasteiger partial charge in [-0.1, -0.05) is 26.8 Å². The Morgan fingerprint density at radius 2 is 1.97 bits per heavy atom. The van der Waals surface area contributed by atoms with E-state index in [4.69, 9.17) is 4.98 Å². The van der Waals surface area contributed by atoms with E-state index in [1.165, 1.54) is 5.69 Å². The Kier molecular flexibility index (Phi) is 4.17. The number of nitrogens with zero attached hydrogens (tertiary/aromatic N) is 4. The number of rotatable bonds is 2. The van der Waals surface area contributed by atoms with E-state index in [1.807, 2.05) is 18.3 Å². The molecule has 1 N–H and O–H groups in total. The van der Waals surface area contributed by atoms with Gasteiger partial charge in [0.1, 0.15) is 11.5 Å². The molecule has 2 aliphatic rings. The lowest BCUT2D eigenvalue weighted by Crippen LogP contribution is -2.42. The normalized spacial score (nSPS) is 19.1. The van der Waals surface area contributed by atoms with Gasteiger partial charge in [-0.15, -0.1) is 0 Å². The van der Waals surface area contributed by atoms with E-state index in [1.54, 1.807) is 0 Å². The van der Waals surface area contributed by atoms with Crippen LogP contribution in [-0.2, 0) is 23.8 Å². The maximum Gasteiger partial charge on any atom is 0.254 e. The average Bonchev–Trinajstić information content (AvgIpc) is 3.26. The third-order valence-electron chi connectivity index (χ3n) is 6.77. The van der Waals surface area contributed by atoms with E-state index in [-0.39, 0.29) is 16.4 Å². The molecule has 6 heteroatoms. The molecule has 0 aromatic carbocycles. The van der Waals surface area contributed by atoms with Crippen molar-refractivity contribution in [1.82, 2.24) is 24.3 Å². The number of hydrogen-bond donors (Lipinski definition) is 1. The summed E-state index contributed by atoms with van der Waals surface area (Å²) in [6.45, 7) is 9.29. The first-order valence-corrected chi connectivity index (χ1v) is 10.6. The number of aromatic amines is 1. The van der Waals surface area contributed by atoms with Gasteiger partial charge in [0, 0.05) is 29.1 Å². The molecule has 0 atom stereocenters. The van der Waals surface area contributed by atoms with Crippen molar-refractivity contribution in [2.24, 2.45) is 0 Å². The summed E-state index contributed by atoms with van der Waals surface area (Å²) in [7, 11) is 0. The van der Waals surface area contributed by atoms with Crippen molar-refractivity contribution in [2.45, 2.75) is 63.8 Å². The molecule has 152 valence electrons. The average molecular weight is 392 g/mol. The van der Waals surface area contributed by atoms with Crippen LogP contribution in [0.15, 0.2) is 35.4 Å². The second kappa shape index (κ2) is 6.52. The van der Waals surface area contributed by atoms with Crippen molar-refractivity contribution in [3.05, 3.63) is 63.7 Å². The standard InChI is InChI=1S/C23H29N5O/c1-22(2,3)21-25-19-17(20(29)26-21)7-8-23(19)9-12-27(13-10-23)15-16-14-24-18-6-4-5-11-28(16)18/h4-6,11,14H,7-10,12-13,15H2,1-3H3,(H,25,26,29). The quantitative estimate of drug-likeness (QED) is 0.729. The summed E-state index contributed by atoms with van der Waals surface area (Å²) in [6, 6.07) is 6.11. The third-order valence-corrected chi connectivity index (χ3v) is 6.77. The number of hydrogen-bond acceptors (Lipinski definition) is 4. The topological polar surface area (TPSA) is 66.3 Å². The summed E-state index contributed by atoms with van der Waals surface area (Å²) >= 11 is 0. The minimum absolute atomic E-state index is 0.0690. The van der Waals surface area contributed by atoms with Crippen LogP contribution in [0.25, 0.3) is 5.65 Å². The molecule has 0 saturated carbocycles. The van der Waals surface area contributed by atoms with E-state index in [9.17, 15) is 4.79 Å². The zero-order valence-electron chi connectivity index (χ0n) is 17.5. The molecule has 0 amide bonds. The number of aromatic nitrogens is 4. The summed E-state index contributed by atoms with van der Waals surface area (Å²) < 4.78 is 2.17. The van der Waals surface area contributed by atoms with Gasteiger partial charge in [-0.25, -0.2) is 9.97 Å². The molecule has 3 aromatic heterocycles. The van der Waals surface area contributed by atoms with Gasteiger partial charge in [-0.05, 0) is 50.9 Å². The van der Waals surface area contributed by atoms with Crippen molar-refractivity contribution >= 4 is 5.65 Å². The highest BCUT2D eigenvalue weighted by molar-refractivity contribution is 5.40. The highest BCUT2D eigenvalue weighted by atomic mass is 16.1. The van der Waals surface area contributed by atoms with Crippen molar-refractivity contribution in [3.8, 4) is 0 Å². The molecule has 29 heavy (non-hydrogen) atoms. The highest BCUT2D eigenvalue weighted by Gasteiger charge is 2.44. The first-order valence-electron chi connectivity index (χ1n) is 10.6. The fourth-order valence-electron chi connectivity index (χ4n) is 4.96. The molecule has 1 aliphatic carbocycles. The van der Waals surface area contributed by atoms with Crippen LogP contribution < -0.4 is 5.56 Å². The number of likely N-dealkylation sites (tertiary alicyclic amines) is 1. The van der Waals surface area contributed by atoms with Crippen LogP contribution in [0.3, 0.4) is 0 Å². The Morgan fingerprint density at radius 3 is 2.72 bits per heavy atom. The number of nitrogens with one attached hydrogen (secondary N) is 1. The maximum absolute atomic E-state index is 12.7. The first-order chi connectivity index (χ1) is 13.9. The van der Waals surface area contributed by atoms with Gasteiger partial charge in [0.25, 0.3) is 5.56 Å². The number of imidazole rings is 1. The smallest absolute Gasteiger partial charge is 0.254 e. The lowest BCUT2D eigenvalue weighted by atomic mass is 9.76. The van der Waals surface area contributed by atoms with Gasteiger partial charge in [0.05, 0.1) is 17.6 Å². The van der Waals surface area contributed by atoms with Crippen LogP contribution in [0.2, 0.25) is 0 Å². The van der Waals surface area contributed by atoms with Gasteiger partial charge in [-0.2, -0.15) is 0 Å². The van der Waals surface area contributed by atoms with E-state index >= 15 is 0 Å². The van der Waals surface area contributed by atoms with Gasteiger partial charge in [0.2, 0.25) is 0 Å². The van der Waals surface area contributed by atoms with Crippen LogP contribution in [0.4, 0.5) is 0 Å². The maximum atomic E-state index is 12.7. The molecule has 5 rings (SSSR count). The molecular weight excluding hydrogens is 362 g/mol. The van der Waals surface area contributed by atoms with Crippen LogP contribution >= 0.6 is 0 Å². The summed E-state index contributed by atoms with van der Waals surface area (Å²) in [5.41, 5.74) is 4.23. The molecule has 1 fully saturated rings. The second-order valence-electron chi connectivity index (χ2n) is 9.73. The van der Waals surface area contributed by atoms with Gasteiger partial charge in [-0.3, -0.25) is 9.69 Å². The fourth-order valence-corrected chi connectivity index (χ4v) is 4.96. The lowest BCUT2D eigenvalue weighted by molar-refractivity contribution is 0.148. The Hall–Kier alpha value is -2.47. The molecule has 0 unspecified atom stereocenters. The molecule has 6 nitrogen and oxygen atoms in total. The zero-order valence-corrected chi connectivity index (χ0v) is 17.5. The van der Waals surface area contributed by atoms with Crippen molar-refractivity contribution in [3.63, 3.8) is 0 Å². The van der Waals surface area contributed by atoms with E-state index in [0.29, 0.717) is 0 Å². The van der Waals surface area contributed by atoms with Gasteiger partial charge < -0.3 is 9.38 Å². The number of pyridine rings is 1. The summed E-state index contributed by atoms with van der Waals surface area (Å²) in [4.78, 5) is 27.8. The summed E-state index contributed by atoms with van der Waals surface area (Å²) in [5.74, 6) is 0.815. The fraction of sp³-hybridized carbons (Fsp3) is 0.522. The minimum atomic E-state index is -0.151. The largest absolute Gasteiger partial charge is 0.310 e. The Bertz CT molecular complexity index is 1110. The number of H-pyrrole nitrogens is 1. The van der Waals surface area contributed by atoms with E-state index in [2.05, 4.69) is 52.3 Å². The molecule has 1 saturated heterocycles. The lowest BCUT2D eigenvalue weighted by Gasteiger charge is -2.39. The highest BCUT2D eigenvalue weighted by Crippen LogP contribution is 2.44. The molecule has 3 aromatic rings. The Morgan fingerprint density at radius 1 is 1.17 bits per heavy atom. The number of piperidine rings is 1. The number of fused-ring (bicyclic) bond motifs is 3. The predicted octanol–water partition coefficient (Wildman–Crippen LogP) is 3.20. The van der Waals surface area contributed by atoms with Crippen LogP contribution in [0.5, 0.6) is 0 Å². The Balaban J connectivity index is 1.37. The first kappa shape index (κ1) is 18.6. The second-order valence-corrected chi connectivity index (χ2v) is 9.73. The molecule has 0 radical (unpaired) electrons. The van der Waals surface area contributed by atoms with Crippen molar-refractivity contribution in [2.75, 3.05) is 13.1 Å². The minimum Gasteiger partial charge on any atom is -0.310 e. The van der Waals surface area contributed by atoms with Gasteiger partial charge in [0.15, 0.2) is 0 Å². The zero-order chi connectivity index (χ0) is 20.2. The molecule has 1 aliphatic heterocycles. The van der Waals surface area contributed by atoms with E-state index < -0.39 is 0 Å². The monoisotopic (exact) mass is 391 g/mol. The van der Waals surface area contributed by atoms with Crippen LogP contribution in [0.1, 0.15) is 62.8 Å². The van der Waals surface area contributed by atoms with Gasteiger partial charge >= 0.3 is 0 Å². The van der Waals surface area contributed by atoms with Crippen molar-refractivity contribution < 1.29 is 0 Å². The summed E-state index contributed by atoms with van der Waals surface area (Å²) in [5, 5.41) is 0. The predicted molar refractivity (Wildman–Crippen MR) is 113 cm³/mol. The third kappa shape index (κ3) is 3.10. The van der Waals surface area contributed by atoms with Crippen LogP contribution in [0, 0.1) is 0 Å². The Labute approximate surface area is 171 Å². The molecule has 0 bridgehead atoms.